The first-order valence-electron chi connectivity index (χ1n) is 11.0. The second kappa shape index (κ2) is 9.41. The normalized spacial score (nSPS) is 17.2. The van der Waals surface area contributed by atoms with Crippen molar-refractivity contribution >= 4 is 17.5 Å². The number of rotatable bonds is 6. The van der Waals surface area contributed by atoms with Crippen molar-refractivity contribution in [2.75, 3.05) is 31.1 Å². The maximum absolute atomic E-state index is 12.6. The molecule has 2 amide bonds. The molecule has 6 heteroatoms. The Morgan fingerprint density at radius 1 is 1.00 bits per heavy atom. The lowest BCUT2D eigenvalue weighted by molar-refractivity contribution is -0.135. The van der Waals surface area contributed by atoms with Gasteiger partial charge in [0.1, 0.15) is 17.6 Å². The van der Waals surface area contributed by atoms with E-state index in [0.29, 0.717) is 25.3 Å². The molecule has 0 aromatic heterocycles. The maximum Gasteiger partial charge on any atom is 0.260 e. The smallest absolute Gasteiger partial charge is 0.260 e. The molecule has 0 spiro atoms. The van der Waals surface area contributed by atoms with E-state index in [4.69, 9.17) is 9.47 Å². The average Bonchev–Trinajstić information content (AvgIpc) is 3.21. The molecule has 31 heavy (non-hydrogen) atoms. The van der Waals surface area contributed by atoms with Gasteiger partial charge in [0.05, 0.1) is 0 Å². The summed E-state index contributed by atoms with van der Waals surface area (Å²) >= 11 is 0. The van der Waals surface area contributed by atoms with Crippen molar-refractivity contribution in [1.29, 1.82) is 0 Å². The fourth-order valence-corrected chi connectivity index (χ4v) is 4.10. The topological polar surface area (TPSA) is 59.1 Å². The van der Waals surface area contributed by atoms with E-state index < -0.39 is 0 Å². The van der Waals surface area contributed by atoms with Gasteiger partial charge in [0.25, 0.3) is 5.91 Å². The van der Waals surface area contributed by atoms with Gasteiger partial charge in [-0.25, -0.2) is 0 Å². The summed E-state index contributed by atoms with van der Waals surface area (Å²) in [6.45, 7) is 6.25. The number of likely N-dealkylation sites (tertiary alicyclic amines) is 1. The van der Waals surface area contributed by atoms with Gasteiger partial charge in [0.15, 0.2) is 6.61 Å². The summed E-state index contributed by atoms with van der Waals surface area (Å²) in [6, 6.07) is 13.6. The highest BCUT2D eigenvalue weighted by atomic mass is 16.5. The van der Waals surface area contributed by atoms with Gasteiger partial charge in [-0.3, -0.25) is 9.59 Å². The Kier molecular flexibility index (Phi) is 6.44. The molecule has 2 fully saturated rings. The summed E-state index contributed by atoms with van der Waals surface area (Å²) in [6.07, 6.45) is 3.22. The van der Waals surface area contributed by atoms with Crippen molar-refractivity contribution in [3.63, 3.8) is 0 Å². The lowest BCUT2D eigenvalue weighted by Crippen LogP contribution is -2.43. The second-order valence-corrected chi connectivity index (χ2v) is 8.38. The first kappa shape index (κ1) is 21.2. The molecule has 0 radical (unpaired) electrons. The SMILES string of the molecule is Cc1ccc(OC2CCN(C(=O)COc3cccc(N4CCCC4=O)c3)CC2)cc1C. The number of nitrogens with zero attached hydrogens (tertiary/aromatic N) is 2. The van der Waals surface area contributed by atoms with Crippen LogP contribution in [-0.4, -0.2) is 49.1 Å². The number of amides is 2. The van der Waals surface area contributed by atoms with Crippen molar-refractivity contribution in [2.45, 2.75) is 45.6 Å². The van der Waals surface area contributed by atoms with Gasteiger partial charge in [0.2, 0.25) is 5.91 Å². The monoisotopic (exact) mass is 422 g/mol. The number of hydrogen-bond donors (Lipinski definition) is 0. The molecular weight excluding hydrogens is 392 g/mol. The average molecular weight is 423 g/mol. The summed E-state index contributed by atoms with van der Waals surface area (Å²) in [5.41, 5.74) is 3.31. The molecule has 164 valence electrons. The fourth-order valence-electron chi connectivity index (χ4n) is 4.10. The van der Waals surface area contributed by atoms with Gasteiger partial charge < -0.3 is 19.3 Å². The van der Waals surface area contributed by atoms with Crippen LogP contribution in [0.2, 0.25) is 0 Å². The van der Waals surface area contributed by atoms with Gasteiger partial charge in [-0.2, -0.15) is 0 Å². The quantitative estimate of drug-likeness (QED) is 0.709. The number of benzene rings is 2. The first-order valence-corrected chi connectivity index (χ1v) is 11.0. The minimum Gasteiger partial charge on any atom is -0.490 e. The highest BCUT2D eigenvalue weighted by molar-refractivity contribution is 5.95. The summed E-state index contributed by atoms with van der Waals surface area (Å²) in [7, 11) is 0. The summed E-state index contributed by atoms with van der Waals surface area (Å²) in [5.74, 6) is 1.62. The molecule has 2 aliphatic heterocycles. The zero-order chi connectivity index (χ0) is 21.8. The molecule has 6 nitrogen and oxygen atoms in total. The number of carbonyl (C=O) groups is 2. The number of piperidine rings is 1. The molecule has 2 aliphatic rings. The second-order valence-electron chi connectivity index (χ2n) is 8.38. The molecule has 0 aliphatic carbocycles. The van der Waals surface area contributed by atoms with E-state index in [2.05, 4.69) is 26.0 Å². The van der Waals surface area contributed by atoms with Crippen LogP contribution >= 0.6 is 0 Å². The Morgan fingerprint density at radius 2 is 1.81 bits per heavy atom. The van der Waals surface area contributed by atoms with Gasteiger partial charge in [-0.05, 0) is 55.7 Å². The molecule has 4 rings (SSSR count). The Morgan fingerprint density at radius 3 is 2.52 bits per heavy atom. The Bertz CT molecular complexity index is 950. The van der Waals surface area contributed by atoms with E-state index in [1.165, 1.54) is 11.1 Å². The summed E-state index contributed by atoms with van der Waals surface area (Å²) < 4.78 is 11.9. The van der Waals surface area contributed by atoms with Crippen LogP contribution in [0, 0.1) is 13.8 Å². The largest absolute Gasteiger partial charge is 0.490 e. The molecule has 0 unspecified atom stereocenters. The zero-order valence-electron chi connectivity index (χ0n) is 18.3. The predicted molar refractivity (Wildman–Crippen MR) is 120 cm³/mol. The van der Waals surface area contributed by atoms with Crippen LogP contribution in [0.4, 0.5) is 5.69 Å². The van der Waals surface area contributed by atoms with E-state index in [1.54, 1.807) is 4.90 Å². The highest BCUT2D eigenvalue weighted by Crippen LogP contribution is 2.26. The first-order chi connectivity index (χ1) is 15.0. The number of hydrogen-bond acceptors (Lipinski definition) is 4. The van der Waals surface area contributed by atoms with Crippen LogP contribution < -0.4 is 14.4 Å². The molecule has 2 aromatic rings. The van der Waals surface area contributed by atoms with Gasteiger partial charge in [-0.15, -0.1) is 0 Å². The lowest BCUT2D eigenvalue weighted by Gasteiger charge is -2.32. The van der Waals surface area contributed by atoms with Crippen LogP contribution in [-0.2, 0) is 9.59 Å². The molecule has 0 saturated carbocycles. The van der Waals surface area contributed by atoms with E-state index >= 15 is 0 Å². The zero-order valence-corrected chi connectivity index (χ0v) is 18.3. The highest BCUT2D eigenvalue weighted by Gasteiger charge is 2.25. The molecule has 2 heterocycles. The van der Waals surface area contributed by atoms with Crippen molar-refractivity contribution in [3.8, 4) is 11.5 Å². The minimum absolute atomic E-state index is 0.0000798. The van der Waals surface area contributed by atoms with E-state index in [1.807, 2.05) is 35.2 Å². The van der Waals surface area contributed by atoms with Crippen LogP contribution in [0.25, 0.3) is 0 Å². The number of anilines is 1. The molecule has 2 saturated heterocycles. The molecule has 0 N–H and O–H groups in total. The van der Waals surface area contributed by atoms with Crippen LogP contribution in [0.5, 0.6) is 11.5 Å². The summed E-state index contributed by atoms with van der Waals surface area (Å²) in [4.78, 5) is 28.2. The summed E-state index contributed by atoms with van der Waals surface area (Å²) in [5, 5.41) is 0. The molecule has 2 aromatic carbocycles. The van der Waals surface area contributed by atoms with Crippen LogP contribution in [0.15, 0.2) is 42.5 Å². The van der Waals surface area contributed by atoms with Gasteiger partial charge >= 0.3 is 0 Å². The van der Waals surface area contributed by atoms with E-state index in [0.717, 1.165) is 37.2 Å². The Hall–Kier alpha value is -3.02. The number of carbonyl (C=O) groups excluding carboxylic acids is 2. The molecule has 0 atom stereocenters. The number of aryl methyl sites for hydroxylation is 2. The van der Waals surface area contributed by atoms with Crippen molar-refractivity contribution in [1.82, 2.24) is 4.90 Å². The Balaban J connectivity index is 1.25. The molecule has 0 bridgehead atoms. The van der Waals surface area contributed by atoms with Gasteiger partial charge in [0, 0.05) is 50.7 Å². The fraction of sp³-hybridized carbons (Fsp3) is 0.440. The third kappa shape index (κ3) is 5.19. The van der Waals surface area contributed by atoms with E-state index in [-0.39, 0.29) is 24.5 Å². The minimum atomic E-state index is -0.0210. The van der Waals surface area contributed by atoms with Crippen LogP contribution in [0.3, 0.4) is 0 Å². The maximum atomic E-state index is 12.6. The predicted octanol–water partition coefficient (Wildman–Crippen LogP) is 3.88. The Labute approximate surface area is 183 Å². The molecular formula is C25H30N2O4. The third-order valence-corrected chi connectivity index (χ3v) is 6.14. The van der Waals surface area contributed by atoms with Crippen molar-refractivity contribution in [2.24, 2.45) is 0 Å². The van der Waals surface area contributed by atoms with Gasteiger partial charge in [-0.1, -0.05) is 12.1 Å². The number of ether oxygens (including phenoxy) is 2. The van der Waals surface area contributed by atoms with Crippen molar-refractivity contribution < 1.29 is 19.1 Å². The third-order valence-electron chi connectivity index (χ3n) is 6.14. The lowest BCUT2D eigenvalue weighted by atomic mass is 10.1. The van der Waals surface area contributed by atoms with Crippen LogP contribution in [0.1, 0.15) is 36.8 Å². The standard InChI is InChI=1S/C25H30N2O4/c1-18-8-9-23(15-19(18)2)31-21-10-13-26(14-11-21)25(29)17-30-22-6-3-5-20(16-22)27-12-4-7-24(27)28/h3,5-6,8-9,15-16,21H,4,7,10-14,17H2,1-2H3. The van der Waals surface area contributed by atoms with Crippen molar-refractivity contribution in [3.05, 3.63) is 53.6 Å². The van der Waals surface area contributed by atoms with E-state index in [9.17, 15) is 9.59 Å².